The van der Waals surface area contributed by atoms with Gasteiger partial charge in [-0.3, -0.25) is 0 Å². The van der Waals surface area contributed by atoms with Gasteiger partial charge in [-0.15, -0.1) is 0 Å². The third kappa shape index (κ3) is 3.26. The topological polar surface area (TPSA) is 18.5 Å². The lowest BCUT2D eigenvalue weighted by molar-refractivity contribution is 0.455. The third-order valence-electron chi connectivity index (χ3n) is 3.23. The van der Waals surface area contributed by atoms with Crippen molar-refractivity contribution in [3.8, 4) is 23.0 Å². The van der Waals surface area contributed by atoms with Gasteiger partial charge in [-0.1, -0.05) is 30.3 Å². The van der Waals surface area contributed by atoms with Crippen molar-refractivity contribution >= 4 is 0 Å². The average molecular weight is 294 g/mol. The summed E-state index contributed by atoms with van der Waals surface area (Å²) in [6.07, 6.45) is 0. The largest absolute Gasteiger partial charge is 0.457 e. The van der Waals surface area contributed by atoms with Gasteiger partial charge in [0.2, 0.25) is 0 Å². The van der Waals surface area contributed by atoms with Gasteiger partial charge < -0.3 is 9.47 Å². The fraction of sp³-hybridized carbons (Fsp3) is 0.0526. The second-order valence-corrected chi connectivity index (χ2v) is 4.86. The molecular formula is C19H15FO2. The molecule has 0 atom stereocenters. The molecule has 0 aliphatic rings. The first-order valence-electron chi connectivity index (χ1n) is 6.98. The highest BCUT2D eigenvalue weighted by atomic mass is 19.1. The molecule has 3 aromatic carbocycles. The molecule has 2 nitrogen and oxygen atoms in total. The zero-order valence-electron chi connectivity index (χ0n) is 12.1. The third-order valence-corrected chi connectivity index (χ3v) is 3.23. The lowest BCUT2D eigenvalue weighted by Gasteiger charge is -2.11. The minimum Gasteiger partial charge on any atom is -0.457 e. The number of hydrogen-bond donors (Lipinski definition) is 0. The van der Waals surface area contributed by atoms with Crippen LogP contribution in [-0.4, -0.2) is 0 Å². The fourth-order valence-corrected chi connectivity index (χ4v) is 2.05. The Labute approximate surface area is 128 Å². The second kappa shape index (κ2) is 6.31. The highest BCUT2D eigenvalue weighted by Crippen LogP contribution is 2.30. The van der Waals surface area contributed by atoms with Crippen LogP contribution in [0.4, 0.5) is 4.39 Å². The van der Waals surface area contributed by atoms with Gasteiger partial charge in [0.1, 0.15) is 28.8 Å². The van der Waals surface area contributed by atoms with E-state index in [2.05, 4.69) is 0 Å². The first-order valence-corrected chi connectivity index (χ1v) is 6.98. The summed E-state index contributed by atoms with van der Waals surface area (Å²) < 4.78 is 25.0. The normalized spacial score (nSPS) is 10.3. The van der Waals surface area contributed by atoms with Crippen LogP contribution in [0.3, 0.4) is 0 Å². The van der Waals surface area contributed by atoms with E-state index in [4.69, 9.17) is 9.47 Å². The van der Waals surface area contributed by atoms with E-state index in [0.29, 0.717) is 22.8 Å². The van der Waals surface area contributed by atoms with Crippen molar-refractivity contribution in [1.29, 1.82) is 0 Å². The molecule has 0 bridgehead atoms. The Kier molecular flexibility index (Phi) is 4.05. The van der Waals surface area contributed by atoms with Gasteiger partial charge in [0.15, 0.2) is 0 Å². The fourth-order valence-electron chi connectivity index (χ4n) is 2.05. The Balaban J connectivity index is 1.81. The van der Waals surface area contributed by atoms with E-state index in [1.807, 2.05) is 48.5 Å². The zero-order chi connectivity index (χ0) is 15.4. The Morgan fingerprint density at radius 3 is 2.09 bits per heavy atom. The Morgan fingerprint density at radius 2 is 1.32 bits per heavy atom. The van der Waals surface area contributed by atoms with E-state index in [0.717, 1.165) is 5.75 Å². The van der Waals surface area contributed by atoms with Gasteiger partial charge in [-0.25, -0.2) is 4.39 Å². The smallest absolute Gasteiger partial charge is 0.133 e. The van der Waals surface area contributed by atoms with E-state index in [-0.39, 0.29) is 5.82 Å². The van der Waals surface area contributed by atoms with E-state index < -0.39 is 0 Å². The van der Waals surface area contributed by atoms with Crippen LogP contribution in [-0.2, 0) is 0 Å². The monoisotopic (exact) mass is 294 g/mol. The number of hydrogen-bond acceptors (Lipinski definition) is 2. The SMILES string of the molecule is Cc1c(F)cccc1Oc1cccc(Oc2ccccc2)c1. The molecular weight excluding hydrogens is 279 g/mol. The van der Waals surface area contributed by atoms with E-state index in [1.165, 1.54) is 6.07 Å². The van der Waals surface area contributed by atoms with Crippen molar-refractivity contribution in [3.63, 3.8) is 0 Å². The Bertz CT molecular complexity index is 769. The van der Waals surface area contributed by atoms with E-state index >= 15 is 0 Å². The molecule has 3 rings (SSSR count). The summed E-state index contributed by atoms with van der Waals surface area (Å²) in [7, 11) is 0. The van der Waals surface area contributed by atoms with Crippen molar-refractivity contribution < 1.29 is 13.9 Å². The molecule has 0 radical (unpaired) electrons. The summed E-state index contributed by atoms with van der Waals surface area (Å²) in [5, 5.41) is 0. The van der Waals surface area contributed by atoms with Gasteiger partial charge in [0.25, 0.3) is 0 Å². The number of halogens is 1. The molecule has 3 aromatic rings. The van der Waals surface area contributed by atoms with E-state index in [9.17, 15) is 4.39 Å². The summed E-state index contributed by atoms with van der Waals surface area (Å²) >= 11 is 0. The molecule has 0 fully saturated rings. The minimum absolute atomic E-state index is 0.283. The van der Waals surface area contributed by atoms with Crippen molar-refractivity contribution in [3.05, 3.63) is 84.2 Å². The van der Waals surface area contributed by atoms with Crippen LogP contribution < -0.4 is 9.47 Å². The predicted molar refractivity (Wildman–Crippen MR) is 84.2 cm³/mol. The molecule has 0 N–H and O–H groups in total. The van der Waals surface area contributed by atoms with Crippen LogP contribution in [0.15, 0.2) is 72.8 Å². The highest BCUT2D eigenvalue weighted by Gasteiger charge is 2.06. The summed E-state index contributed by atoms with van der Waals surface area (Å²) in [6, 6.07) is 21.5. The standard InChI is InChI=1S/C19H15FO2/c1-14-18(20)11-6-12-19(14)22-17-10-5-9-16(13-17)21-15-7-3-2-4-8-15/h2-13H,1H3. The van der Waals surface area contributed by atoms with Gasteiger partial charge in [0.05, 0.1) is 0 Å². The average Bonchev–Trinajstić information content (AvgIpc) is 2.53. The summed E-state index contributed by atoms with van der Waals surface area (Å²) in [4.78, 5) is 0. The summed E-state index contributed by atoms with van der Waals surface area (Å²) in [5.41, 5.74) is 0.483. The summed E-state index contributed by atoms with van der Waals surface area (Å²) in [6.45, 7) is 1.69. The molecule has 0 aromatic heterocycles. The Morgan fingerprint density at radius 1 is 0.682 bits per heavy atom. The second-order valence-electron chi connectivity index (χ2n) is 4.86. The van der Waals surface area contributed by atoms with Crippen molar-refractivity contribution in [2.24, 2.45) is 0 Å². The highest BCUT2D eigenvalue weighted by molar-refractivity contribution is 5.41. The first-order chi connectivity index (χ1) is 10.7. The molecule has 0 aliphatic heterocycles. The molecule has 0 amide bonds. The van der Waals surface area contributed by atoms with Crippen molar-refractivity contribution in [1.82, 2.24) is 0 Å². The van der Waals surface area contributed by atoms with Gasteiger partial charge >= 0.3 is 0 Å². The number of benzene rings is 3. The minimum atomic E-state index is -0.283. The molecule has 0 saturated carbocycles. The predicted octanol–water partition coefficient (Wildman–Crippen LogP) is 5.72. The maximum absolute atomic E-state index is 13.5. The van der Waals surface area contributed by atoms with Gasteiger partial charge in [-0.05, 0) is 43.3 Å². The van der Waals surface area contributed by atoms with Gasteiger partial charge in [0, 0.05) is 11.6 Å². The van der Waals surface area contributed by atoms with Gasteiger partial charge in [-0.2, -0.15) is 0 Å². The zero-order valence-corrected chi connectivity index (χ0v) is 12.1. The lowest BCUT2D eigenvalue weighted by atomic mass is 10.2. The van der Waals surface area contributed by atoms with Crippen LogP contribution >= 0.6 is 0 Å². The van der Waals surface area contributed by atoms with Crippen LogP contribution in [0.5, 0.6) is 23.0 Å². The maximum Gasteiger partial charge on any atom is 0.133 e. The van der Waals surface area contributed by atoms with Crippen molar-refractivity contribution in [2.45, 2.75) is 6.92 Å². The first kappa shape index (κ1) is 14.1. The number of para-hydroxylation sites is 1. The molecule has 0 heterocycles. The molecule has 0 unspecified atom stereocenters. The van der Waals surface area contributed by atoms with Crippen LogP contribution in [0.25, 0.3) is 0 Å². The van der Waals surface area contributed by atoms with E-state index in [1.54, 1.807) is 25.1 Å². The van der Waals surface area contributed by atoms with Crippen LogP contribution in [0, 0.1) is 12.7 Å². The number of ether oxygens (including phenoxy) is 2. The molecule has 22 heavy (non-hydrogen) atoms. The lowest BCUT2D eigenvalue weighted by Crippen LogP contribution is -1.91. The number of rotatable bonds is 4. The molecule has 3 heteroatoms. The molecule has 0 saturated heterocycles. The molecule has 0 aliphatic carbocycles. The molecule has 110 valence electrons. The maximum atomic E-state index is 13.5. The quantitative estimate of drug-likeness (QED) is 0.612. The van der Waals surface area contributed by atoms with Crippen molar-refractivity contribution in [2.75, 3.05) is 0 Å². The summed E-state index contributed by atoms with van der Waals surface area (Å²) in [5.74, 6) is 2.23. The molecule has 0 spiro atoms. The van der Waals surface area contributed by atoms with Crippen LogP contribution in [0.1, 0.15) is 5.56 Å². The Hall–Kier alpha value is -2.81. The van der Waals surface area contributed by atoms with Crippen LogP contribution in [0.2, 0.25) is 0 Å².